The molecule has 3 rings (SSSR count). The summed E-state index contributed by atoms with van der Waals surface area (Å²) < 4.78 is 83.3. The molecule has 1 aliphatic rings. The minimum atomic E-state index is -4.79. The summed E-state index contributed by atoms with van der Waals surface area (Å²) in [4.78, 5) is 6.67. The van der Waals surface area contributed by atoms with Crippen LogP contribution in [0.1, 0.15) is 38.2 Å². The number of sulfonamides is 1. The minimum absolute atomic E-state index is 0.0359. The number of nitrogens with zero attached hydrogens (tertiary/aromatic N) is 1. The third-order valence-electron chi connectivity index (χ3n) is 4.90. The van der Waals surface area contributed by atoms with Crippen LogP contribution in [0.3, 0.4) is 0 Å². The van der Waals surface area contributed by atoms with Gasteiger partial charge in [0, 0.05) is 12.6 Å². The molecule has 2 N–H and O–H groups in total. The number of nitrogens with one attached hydrogen (secondary N) is 2. The Morgan fingerprint density at radius 2 is 1.93 bits per heavy atom. The van der Waals surface area contributed by atoms with Crippen molar-refractivity contribution in [1.82, 2.24) is 14.7 Å². The Kier molecular flexibility index (Phi) is 5.85. The van der Waals surface area contributed by atoms with Gasteiger partial charge >= 0.3 is 6.18 Å². The number of hydrogen-bond donors (Lipinski definition) is 2. The molecule has 1 aliphatic carbocycles. The van der Waals surface area contributed by atoms with Crippen LogP contribution in [0.5, 0.6) is 6.01 Å². The van der Waals surface area contributed by atoms with Gasteiger partial charge in [-0.25, -0.2) is 17.5 Å². The topological polar surface area (TPSA) is 84.1 Å². The first-order chi connectivity index (χ1) is 13.1. The molecule has 0 atom stereocenters. The molecule has 0 aliphatic heterocycles. The van der Waals surface area contributed by atoms with Crippen LogP contribution in [0.25, 0.3) is 11.0 Å². The van der Waals surface area contributed by atoms with Crippen molar-refractivity contribution in [1.29, 1.82) is 0 Å². The summed E-state index contributed by atoms with van der Waals surface area (Å²) in [6, 6.07) is 1.46. The number of aromatic nitrogens is 2. The maximum atomic E-state index is 13.6. The van der Waals surface area contributed by atoms with Crippen LogP contribution in [-0.4, -0.2) is 36.8 Å². The number of imidazole rings is 1. The summed E-state index contributed by atoms with van der Waals surface area (Å²) in [5.41, 5.74) is -1.25. The van der Waals surface area contributed by atoms with Gasteiger partial charge in [-0.2, -0.15) is 18.2 Å². The molecule has 1 aromatic carbocycles. The Bertz CT molecular complexity index is 935. The zero-order chi connectivity index (χ0) is 20.5. The second kappa shape index (κ2) is 7.86. The number of H-pyrrole nitrogens is 1. The molecule has 1 heterocycles. The van der Waals surface area contributed by atoms with Crippen molar-refractivity contribution >= 4 is 21.1 Å². The maximum absolute atomic E-state index is 13.6. The van der Waals surface area contributed by atoms with Gasteiger partial charge in [-0.1, -0.05) is 0 Å². The van der Waals surface area contributed by atoms with E-state index >= 15 is 0 Å². The lowest BCUT2D eigenvalue weighted by Gasteiger charge is -2.28. The van der Waals surface area contributed by atoms with Crippen LogP contribution < -0.4 is 9.46 Å². The molecule has 0 spiro atoms. The first kappa shape index (κ1) is 20.8. The van der Waals surface area contributed by atoms with Crippen molar-refractivity contribution in [3.05, 3.63) is 23.5 Å². The third-order valence-corrected chi connectivity index (χ3v) is 6.26. The van der Waals surface area contributed by atoms with Gasteiger partial charge in [-0.15, -0.1) is 0 Å². The van der Waals surface area contributed by atoms with Crippen LogP contribution in [0.4, 0.5) is 17.6 Å². The average molecular weight is 423 g/mol. The molecule has 1 fully saturated rings. The van der Waals surface area contributed by atoms with Gasteiger partial charge in [0.2, 0.25) is 10.0 Å². The summed E-state index contributed by atoms with van der Waals surface area (Å²) in [5, 5.41) is 0. The van der Waals surface area contributed by atoms with Gasteiger partial charge in [0.15, 0.2) is 0 Å². The van der Waals surface area contributed by atoms with E-state index in [-0.39, 0.29) is 34.8 Å². The lowest BCUT2D eigenvalue weighted by molar-refractivity contribution is -0.139. The summed E-state index contributed by atoms with van der Waals surface area (Å²) in [5.74, 6) is -1.14. The number of aromatic amines is 1. The molecule has 156 valence electrons. The fourth-order valence-corrected chi connectivity index (χ4v) is 3.93. The van der Waals surface area contributed by atoms with E-state index in [2.05, 4.69) is 14.7 Å². The van der Waals surface area contributed by atoms with Gasteiger partial charge < -0.3 is 9.72 Å². The zero-order valence-electron chi connectivity index (χ0n) is 15.1. The van der Waals surface area contributed by atoms with Crippen LogP contribution in [-0.2, 0) is 16.2 Å². The number of ether oxygens (including phenoxy) is 1. The Labute approximate surface area is 159 Å². The van der Waals surface area contributed by atoms with Crippen LogP contribution in [0, 0.1) is 11.7 Å². The third kappa shape index (κ3) is 4.93. The zero-order valence-corrected chi connectivity index (χ0v) is 16.0. The first-order valence-corrected chi connectivity index (χ1v) is 10.6. The number of halogens is 4. The molecule has 11 heteroatoms. The van der Waals surface area contributed by atoms with Gasteiger partial charge in [0.25, 0.3) is 6.01 Å². The Balaban J connectivity index is 1.60. The molecule has 0 bridgehead atoms. The molecule has 0 amide bonds. The highest BCUT2D eigenvalue weighted by Crippen LogP contribution is 2.34. The predicted molar refractivity (Wildman–Crippen MR) is 94.9 cm³/mol. The van der Waals surface area contributed by atoms with E-state index in [1.165, 1.54) is 0 Å². The normalized spacial score (nSPS) is 21.2. The number of hydrogen-bond acceptors (Lipinski definition) is 4. The Hall–Kier alpha value is -1.88. The van der Waals surface area contributed by atoms with E-state index in [1.807, 2.05) is 0 Å². The van der Waals surface area contributed by atoms with E-state index in [4.69, 9.17) is 4.74 Å². The average Bonchev–Trinajstić information content (AvgIpc) is 3.00. The van der Waals surface area contributed by atoms with Crippen molar-refractivity contribution in [2.45, 2.75) is 44.9 Å². The fraction of sp³-hybridized carbons (Fsp3) is 0.588. The largest absolute Gasteiger partial charge is 0.461 e. The highest BCUT2D eigenvalue weighted by molar-refractivity contribution is 7.89. The standard InChI is InChI=1S/C17H21F4N3O3S/c1-2-28(25,26)22-9-10-3-5-11(6-4-10)27-16-23-14-7-12(17(19,20)21)13(18)8-15(14)24-16/h7-8,10-11,22H,2-6,9H2,1H3,(H,23,24). The molecule has 1 aromatic heterocycles. The van der Waals surface area contributed by atoms with Crippen LogP contribution >= 0.6 is 0 Å². The van der Waals surface area contributed by atoms with Crippen molar-refractivity contribution in [3.8, 4) is 6.01 Å². The highest BCUT2D eigenvalue weighted by atomic mass is 32.2. The quantitative estimate of drug-likeness (QED) is 0.696. The number of benzene rings is 1. The van der Waals surface area contributed by atoms with Gasteiger partial charge in [0.05, 0.1) is 22.3 Å². The second-order valence-corrected chi connectivity index (χ2v) is 9.00. The molecule has 0 unspecified atom stereocenters. The molecular formula is C17H21F4N3O3S. The van der Waals surface area contributed by atoms with Crippen molar-refractivity contribution in [3.63, 3.8) is 0 Å². The maximum Gasteiger partial charge on any atom is 0.419 e. The molecule has 0 saturated heterocycles. The van der Waals surface area contributed by atoms with E-state index < -0.39 is 27.6 Å². The Morgan fingerprint density at radius 3 is 2.54 bits per heavy atom. The summed E-state index contributed by atoms with van der Waals surface area (Å²) in [7, 11) is -3.22. The van der Waals surface area contributed by atoms with E-state index in [0.717, 1.165) is 18.9 Å². The SMILES string of the molecule is CCS(=O)(=O)NCC1CCC(Oc2nc3cc(F)c(C(F)(F)F)cc3[nH]2)CC1. The monoisotopic (exact) mass is 423 g/mol. The van der Waals surface area contributed by atoms with Gasteiger partial charge in [0.1, 0.15) is 11.9 Å². The lowest BCUT2D eigenvalue weighted by atomic mass is 9.87. The van der Waals surface area contributed by atoms with Crippen LogP contribution in [0.15, 0.2) is 12.1 Å². The summed E-state index contributed by atoms with van der Waals surface area (Å²) in [6.45, 7) is 1.96. The summed E-state index contributed by atoms with van der Waals surface area (Å²) in [6.07, 6.45) is -2.14. The van der Waals surface area contributed by atoms with E-state index in [1.54, 1.807) is 6.92 Å². The number of rotatable bonds is 6. The molecular weight excluding hydrogens is 402 g/mol. The smallest absolute Gasteiger partial charge is 0.419 e. The minimum Gasteiger partial charge on any atom is -0.461 e. The molecule has 28 heavy (non-hydrogen) atoms. The number of alkyl halides is 3. The molecule has 6 nitrogen and oxygen atoms in total. The highest BCUT2D eigenvalue weighted by Gasteiger charge is 2.35. The van der Waals surface area contributed by atoms with Crippen LogP contribution in [0.2, 0.25) is 0 Å². The first-order valence-electron chi connectivity index (χ1n) is 8.98. The van der Waals surface area contributed by atoms with Crippen molar-refractivity contribution < 1.29 is 30.7 Å². The predicted octanol–water partition coefficient (Wildman–Crippen LogP) is 3.60. The fourth-order valence-electron chi connectivity index (χ4n) is 3.24. The van der Waals surface area contributed by atoms with Gasteiger partial charge in [-0.05, 0) is 44.6 Å². The molecule has 2 aromatic rings. The second-order valence-electron chi connectivity index (χ2n) is 6.90. The van der Waals surface area contributed by atoms with Gasteiger partial charge in [-0.3, -0.25) is 0 Å². The number of fused-ring (bicyclic) bond motifs is 1. The van der Waals surface area contributed by atoms with Crippen molar-refractivity contribution in [2.24, 2.45) is 5.92 Å². The van der Waals surface area contributed by atoms with Crippen molar-refractivity contribution in [2.75, 3.05) is 12.3 Å². The lowest BCUT2D eigenvalue weighted by Crippen LogP contribution is -2.34. The van der Waals surface area contributed by atoms with E-state index in [9.17, 15) is 26.0 Å². The molecule has 0 radical (unpaired) electrons. The summed E-state index contributed by atoms with van der Waals surface area (Å²) >= 11 is 0. The Morgan fingerprint density at radius 1 is 1.25 bits per heavy atom. The van der Waals surface area contributed by atoms with E-state index in [0.29, 0.717) is 25.5 Å². The molecule has 1 saturated carbocycles.